The van der Waals surface area contributed by atoms with E-state index >= 15 is 0 Å². The lowest BCUT2D eigenvalue weighted by molar-refractivity contribution is 0.222. The topological polar surface area (TPSA) is 27.7 Å². The van der Waals surface area contributed by atoms with Gasteiger partial charge < -0.3 is 19.9 Å². The van der Waals surface area contributed by atoms with Crippen LogP contribution in [0.2, 0.25) is 0 Å². The molecule has 0 aromatic heterocycles. The van der Waals surface area contributed by atoms with Gasteiger partial charge in [-0.2, -0.15) is 0 Å². The van der Waals surface area contributed by atoms with Crippen molar-refractivity contribution in [1.29, 1.82) is 0 Å². The van der Waals surface area contributed by atoms with Crippen LogP contribution >= 0.6 is 0 Å². The zero-order valence-corrected chi connectivity index (χ0v) is 16.1. The molecule has 2 atom stereocenters. The predicted molar refractivity (Wildman–Crippen MR) is 102 cm³/mol. The summed E-state index contributed by atoms with van der Waals surface area (Å²) in [5, 5.41) is 3.71. The molecule has 1 aliphatic rings. The molecule has 0 radical (unpaired) electrons. The third kappa shape index (κ3) is 6.08. The Labute approximate surface area is 148 Å². The second kappa shape index (κ2) is 9.40. The highest BCUT2D eigenvalue weighted by Gasteiger charge is 2.20. The van der Waals surface area contributed by atoms with Crippen molar-refractivity contribution in [3.05, 3.63) is 29.3 Å². The summed E-state index contributed by atoms with van der Waals surface area (Å²) in [6.45, 7) is 6.20. The molecule has 2 unspecified atom stereocenters. The fourth-order valence-electron chi connectivity index (χ4n) is 3.47. The molecule has 0 saturated carbocycles. The van der Waals surface area contributed by atoms with Gasteiger partial charge in [-0.05, 0) is 70.7 Å². The number of aryl methyl sites for hydroxylation is 1. The van der Waals surface area contributed by atoms with Gasteiger partial charge in [0.05, 0.1) is 6.61 Å². The predicted octanol–water partition coefficient (Wildman–Crippen LogP) is 2.79. The molecule has 24 heavy (non-hydrogen) atoms. The maximum Gasteiger partial charge on any atom is 0.119 e. The minimum absolute atomic E-state index is 0.496. The van der Waals surface area contributed by atoms with Crippen LogP contribution in [0.25, 0.3) is 0 Å². The van der Waals surface area contributed by atoms with E-state index in [-0.39, 0.29) is 0 Å². The van der Waals surface area contributed by atoms with Crippen LogP contribution in [-0.4, -0.2) is 64.2 Å². The van der Waals surface area contributed by atoms with Crippen molar-refractivity contribution in [3.8, 4) is 5.75 Å². The molecule has 0 heterocycles. The van der Waals surface area contributed by atoms with Gasteiger partial charge in [-0.3, -0.25) is 0 Å². The maximum absolute atomic E-state index is 6.03. The Morgan fingerprint density at radius 3 is 2.71 bits per heavy atom. The summed E-state index contributed by atoms with van der Waals surface area (Å²) in [7, 11) is 8.46. The summed E-state index contributed by atoms with van der Waals surface area (Å²) in [5.41, 5.74) is 2.93. The number of likely N-dealkylation sites (N-methyl/N-ethyl adjacent to an activating group) is 1. The zero-order valence-electron chi connectivity index (χ0n) is 16.1. The quantitative estimate of drug-likeness (QED) is 0.752. The second-order valence-corrected chi connectivity index (χ2v) is 7.74. The Hall–Kier alpha value is -1.10. The molecule has 0 amide bonds. The average Bonchev–Trinajstić information content (AvgIpc) is 2.52. The first-order valence-corrected chi connectivity index (χ1v) is 9.24. The molecule has 1 aromatic rings. The summed E-state index contributed by atoms with van der Waals surface area (Å²) in [6, 6.07) is 7.17. The first-order valence-electron chi connectivity index (χ1n) is 9.24. The minimum atomic E-state index is 0.496. The SMILES string of the molecule is CC(COc1ccc2c(c1)CCCC2NCCN(C)C)CN(C)C. The van der Waals surface area contributed by atoms with Crippen molar-refractivity contribution in [2.45, 2.75) is 32.2 Å². The Kier molecular flexibility index (Phi) is 7.53. The number of nitrogens with zero attached hydrogens (tertiary/aromatic N) is 2. The molecule has 0 bridgehead atoms. The van der Waals surface area contributed by atoms with Crippen molar-refractivity contribution in [2.24, 2.45) is 5.92 Å². The van der Waals surface area contributed by atoms with Crippen molar-refractivity contribution in [2.75, 3.05) is 54.4 Å². The fraction of sp³-hybridized carbons (Fsp3) is 0.700. The van der Waals surface area contributed by atoms with E-state index in [1.165, 1.54) is 30.4 Å². The Morgan fingerprint density at radius 2 is 2.00 bits per heavy atom. The van der Waals surface area contributed by atoms with Crippen LogP contribution in [0, 0.1) is 5.92 Å². The summed E-state index contributed by atoms with van der Waals surface area (Å²) in [4.78, 5) is 4.44. The normalized spacial score (nSPS) is 18.7. The van der Waals surface area contributed by atoms with Crippen LogP contribution in [0.15, 0.2) is 18.2 Å². The summed E-state index contributed by atoms with van der Waals surface area (Å²) < 4.78 is 6.03. The minimum Gasteiger partial charge on any atom is -0.493 e. The van der Waals surface area contributed by atoms with Crippen LogP contribution in [-0.2, 0) is 6.42 Å². The Morgan fingerprint density at radius 1 is 1.21 bits per heavy atom. The monoisotopic (exact) mass is 333 g/mol. The smallest absolute Gasteiger partial charge is 0.119 e. The molecule has 0 spiro atoms. The van der Waals surface area contributed by atoms with Gasteiger partial charge in [0, 0.05) is 31.6 Å². The molecular weight excluding hydrogens is 298 g/mol. The summed E-state index contributed by atoms with van der Waals surface area (Å²) in [6.07, 6.45) is 3.67. The van der Waals surface area contributed by atoms with Gasteiger partial charge >= 0.3 is 0 Å². The lowest BCUT2D eigenvalue weighted by Gasteiger charge is -2.27. The molecule has 4 heteroatoms. The van der Waals surface area contributed by atoms with Gasteiger partial charge in [-0.15, -0.1) is 0 Å². The van der Waals surface area contributed by atoms with Gasteiger partial charge in [0.1, 0.15) is 5.75 Å². The van der Waals surface area contributed by atoms with Gasteiger partial charge in [0.15, 0.2) is 0 Å². The van der Waals surface area contributed by atoms with E-state index in [4.69, 9.17) is 4.74 Å². The second-order valence-electron chi connectivity index (χ2n) is 7.74. The molecule has 1 N–H and O–H groups in total. The number of fused-ring (bicyclic) bond motifs is 1. The largest absolute Gasteiger partial charge is 0.493 e. The molecule has 1 aliphatic carbocycles. The number of hydrogen-bond acceptors (Lipinski definition) is 4. The van der Waals surface area contributed by atoms with Gasteiger partial charge in [-0.25, -0.2) is 0 Å². The molecule has 0 aliphatic heterocycles. The highest BCUT2D eigenvalue weighted by molar-refractivity contribution is 5.39. The maximum atomic E-state index is 6.03. The molecule has 136 valence electrons. The highest BCUT2D eigenvalue weighted by atomic mass is 16.5. The first-order chi connectivity index (χ1) is 11.5. The van der Waals surface area contributed by atoms with E-state index in [0.717, 1.165) is 32.0 Å². The van der Waals surface area contributed by atoms with Crippen LogP contribution in [0.1, 0.15) is 36.9 Å². The summed E-state index contributed by atoms with van der Waals surface area (Å²) in [5.74, 6) is 1.56. The Bertz CT molecular complexity index is 502. The molecular formula is C20H35N3O. The van der Waals surface area contributed by atoms with Crippen molar-refractivity contribution < 1.29 is 4.74 Å². The van der Waals surface area contributed by atoms with Crippen molar-refractivity contribution >= 4 is 0 Å². The van der Waals surface area contributed by atoms with E-state index in [9.17, 15) is 0 Å². The van der Waals surface area contributed by atoms with E-state index in [1.54, 1.807) is 0 Å². The van der Waals surface area contributed by atoms with Crippen molar-refractivity contribution in [1.82, 2.24) is 15.1 Å². The fourth-order valence-corrected chi connectivity index (χ4v) is 3.47. The molecule has 0 fully saturated rings. The van der Waals surface area contributed by atoms with Crippen LogP contribution in [0.5, 0.6) is 5.75 Å². The number of ether oxygens (including phenoxy) is 1. The first kappa shape index (κ1) is 19.2. The standard InChI is InChI=1S/C20H35N3O/c1-16(14-23(4)5)15-24-18-9-10-19-17(13-18)7-6-8-20(19)21-11-12-22(2)3/h9-10,13,16,20-21H,6-8,11-12,14-15H2,1-5H3. The molecule has 4 nitrogen and oxygen atoms in total. The average molecular weight is 334 g/mol. The van der Waals surface area contributed by atoms with Crippen LogP contribution < -0.4 is 10.1 Å². The summed E-state index contributed by atoms with van der Waals surface area (Å²) >= 11 is 0. The van der Waals surface area contributed by atoms with Crippen LogP contribution in [0.3, 0.4) is 0 Å². The number of rotatable bonds is 9. The van der Waals surface area contributed by atoms with Gasteiger partial charge in [0.2, 0.25) is 0 Å². The third-order valence-electron chi connectivity index (χ3n) is 4.59. The molecule has 2 rings (SSSR count). The molecule has 1 aromatic carbocycles. The van der Waals surface area contributed by atoms with Crippen LogP contribution in [0.4, 0.5) is 0 Å². The van der Waals surface area contributed by atoms with E-state index in [2.05, 4.69) is 68.4 Å². The van der Waals surface area contributed by atoms with Gasteiger partial charge in [-0.1, -0.05) is 13.0 Å². The van der Waals surface area contributed by atoms with Gasteiger partial charge in [0.25, 0.3) is 0 Å². The third-order valence-corrected chi connectivity index (χ3v) is 4.59. The van der Waals surface area contributed by atoms with Crippen molar-refractivity contribution in [3.63, 3.8) is 0 Å². The zero-order chi connectivity index (χ0) is 17.5. The van der Waals surface area contributed by atoms with E-state index < -0.39 is 0 Å². The lowest BCUT2D eigenvalue weighted by atomic mass is 9.87. The number of nitrogens with one attached hydrogen (secondary N) is 1. The molecule has 0 saturated heterocycles. The number of hydrogen-bond donors (Lipinski definition) is 1. The number of benzene rings is 1. The lowest BCUT2D eigenvalue weighted by Crippen LogP contribution is -2.31. The highest BCUT2D eigenvalue weighted by Crippen LogP contribution is 2.32. The Balaban J connectivity index is 1.92. The van der Waals surface area contributed by atoms with E-state index in [0.29, 0.717) is 12.0 Å². The van der Waals surface area contributed by atoms with E-state index in [1.807, 2.05) is 0 Å².